The van der Waals surface area contributed by atoms with Gasteiger partial charge in [0, 0.05) is 6.04 Å². The molecule has 3 heteroatoms. The zero-order chi connectivity index (χ0) is 12.3. The summed E-state index contributed by atoms with van der Waals surface area (Å²) in [7, 11) is 0. The van der Waals surface area contributed by atoms with Crippen LogP contribution in [0.5, 0.6) is 0 Å². The average molecular weight is 220 g/mol. The van der Waals surface area contributed by atoms with Crippen LogP contribution in [0.4, 0.5) is 0 Å². The van der Waals surface area contributed by atoms with Crippen LogP contribution in [0.2, 0.25) is 0 Å². The fraction of sp³-hybridized carbons (Fsp3) is 0.462. The topological polar surface area (TPSA) is 37.8 Å². The number of aromatic nitrogens is 2. The SMILES string of the molecule is CC.Cc1ccc2c(=O)[nH]n(C(C)C)c2c1. The Labute approximate surface area is 96.1 Å². The molecule has 0 amide bonds. The highest BCUT2D eigenvalue weighted by Gasteiger charge is 2.07. The molecule has 0 aliphatic carbocycles. The van der Waals surface area contributed by atoms with Crippen LogP contribution in [0, 0.1) is 6.92 Å². The molecule has 0 fully saturated rings. The van der Waals surface area contributed by atoms with Crippen molar-refractivity contribution in [3.05, 3.63) is 34.1 Å². The highest BCUT2D eigenvalue weighted by molar-refractivity contribution is 5.79. The summed E-state index contributed by atoms with van der Waals surface area (Å²) in [5.74, 6) is 0. The van der Waals surface area contributed by atoms with Gasteiger partial charge in [-0.05, 0) is 38.5 Å². The van der Waals surface area contributed by atoms with Gasteiger partial charge in [0.25, 0.3) is 5.56 Å². The van der Waals surface area contributed by atoms with Gasteiger partial charge in [-0.25, -0.2) is 0 Å². The van der Waals surface area contributed by atoms with Crippen LogP contribution in [0.3, 0.4) is 0 Å². The first-order valence-electron chi connectivity index (χ1n) is 5.80. The van der Waals surface area contributed by atoms with Crippen molar-refractivity contribution in [2.24, 2.45) is 0 Å². The van der Waals surface area contributed by atoms with Crippen LogP contribution in [0.1, 0.15) is 39.3 Å². The third-order valence-electron chi connectivity index (χ3n) is 2.40. The van der Waals surface area contributed by atoms with Crippen molar-refractivity contribution in [3.63, 3.8) is 0 Å². The molecule has 0 saturated heterocycles. The highest BCUT2D eigenvalue weighted by Crippen LogP contribution is 2.15. The second kappa shape index (κ2) is 5.01. The molecule has 2 rings (SSSR count). The van der Waals surface area contributed by atoms with E-state index in [2.05, 4.69) is 18.9 Å². The molecule has 0 aliphatic rings. The summed E-state index contributed by atoms with van der Waals surface area (Å²) in [6.07, 6.45) is 0. The van der Waals surface area contributed by atoms with Gasteiger partial charge in [-0.1, -0.05) is 19.9 Å². The maximum atomic E-state index is 11.5. The fourth-order valence-electron chi connectivity index (χ4n) is 1.67. The molecule has 0 aliphatic heterocycles. The predicted octanol–water partition coefficient (Wildman–Crippen LogP) is 3.25. The van der Waals surface area contributed by atoms with Crippen LogP contribution in [0.25, 0.3) is 10.9 Å². The predicted molar refractivity (Wildman–Crippen MR) is 69.0 cm³/mol. The number of benzene rings is 1. The summed E-state index contributed by atoms with van der Waals surface area (Å²) in [5.41, 5.74) is 2.16. The molecule has 1 heterocycles. The molecule has 3 nitrogen and oxygen atoms in total. The summed E-state index contributed by atoms with van der Waals surface area (Å²) in [5, 5.41) is 3.61. The number of hydrogen-bond donors (Lipinski definition) is 1. The Hall–Kier alpha value is -1.51. The van der Waals surface area contributed by atoms with Crippen LogP contribution in [-0.2, 0) is 0 Å². The lowest BCUT2D eigenvalue weighted by molar-refractivity contribution is 0.546. The van der Waals surface area contributed by atoms with Crippen LogP contribution >= 0.6 is 0 Å². The normalized spacial score (nSPS) is 10.4. The molecule has 0 saturated carbocycles. The van der Waals surface area contributed by atoms with E-state index in [-0.39, 0.29) is 11.6 Å². The maximum absolute atomic E-state index is 11.5. The third kappa shape index (κ3) is 2.18. The first-order valence-corrected chi connectivity index (χ1v) is 5.80. The van der Waals surface area contributed by atoms with E-state index in [4.69, 9.17) is 0 Å². The molecular formula is C13H20N2O. The molecule has 1 aromatic heterocycles. The van der Waals surface area contributed by atoms with E-state index in [1.54, 1.807) is 0 Å². The Morgan fingerprint density at radius 2 is 1.88 bits per heavy atom. The number of H-pyrrole nitrogens is 1. The third-order valence-corrected chi connectivity index (χ3v) is 2.40. The smallest absolute Gasteiger partial charge is 0.271 e. The molecule has 0 spiro atoms. The summed E-state index contributed by atoms with van der Waals surface area (Å²) < 4.78 is 1.91. The summed E-state index contributed by atoms with van der Waals surface area (Å²) >= 11 is 0. The number of rotatable bonds is 1. The Morgan fingerprint density at radius 3 is 2.44 bits per heavy atom. The Morgan fingerprint density at radius 1 is 1.25 bits per heavy atom. The highest BCUT2D eigenvalue weighted by atomic mass is 16.1. The molecule has 0 radical (unpaired) electrons. The van der Waals surface area contributed by atoms with Gasteiger partial charge in [0.05, 0.1) is 10.9 Å². The van der Waals surface area contributed by atoms with Crippen molar-refractivity contribution in [1.82, 2.24) is 9.78 Å². The van der Waals surface area contributed by atoms with Crippen molar-refractivity contribution < 1.29 is 0 Å². The Balaban J connectivity index is 0.000000606. The number of nitrogens with one attached hydrogen (secondary N) is 1. The number of aryl methyl sites for hydroxylation is 1. The molecular weight excluding hydrogens is 200 g/mol. The van der Waals surface area contributed by atoms with Gasteiger partial charge in [0.2, 0.25) is 0 Å². The standard InChI is InChI=1S/C11H14N2O.C2H6/c1-7(2)13-10-6-8(3)4-5-9(10)11(14)12-13;1-2/h4-7H,1-3H3,(H,12,14);1-2H3. The van der Waals surface area contributed by atoms with Gasteiger partial charge in [0.1, 0.15) is 0 Å². The van der Waals surface area contributed by atoms with E-state index in [0.717, 1.165) is 10.9 Å². The average Bonchev–Trinajstić information content (AvgIpc) is 2.58. The van der Waals surface area contributed by atoms with Crippen LogP contribution in [-0.4, -0.2) is 9.78 Å². The second-order valence-corrected chi connectivity index (χ2v) is 3.93. The van der Waals surface area contributed by atoms with Crippen LogP contribution < -0.4 is 5.56 Å². The summed E-state index contributed by atoms with van der Waals surface area (Å²) in [4.78, 5) is 11.5. The number of nitrogens with zero attached hydrogens (tertiary/aromatic N) is 1. The molecule has 0 bridgehead atoms. The quantitative estimate of drug-likeness (QED) is 0.787. The molecule has 16 heavy (non-hydrogen) atoms. The van der Waals surface area contributed by atoms with Gasteiger partial charge < -0.3 is 0 Å². The zero-order valence-electron chi connectivity index (χ0n) is 10.7. The molecule has 2 aromatic rings. The van der Waals surface area contributed by atoms with E-state index in [0.29, 0.717) is 0 Å². The Bertz CT molecular complexity index is 520. The van der Waals surface area contributed by atoms with E-state index in [9.17, 15) is 4.79 Å². The first kappa shape index (κ1) is 12.6. The van der Waals surface area contributed by atoms with E-state index >= 15 is 0 Å². The van der Waals surface area contributed by atoms with Crippen molar-refractivity contribution in [2.45, 2.75) is 40.7 Å². The number of fused-ring (bicyclic) bond motifs is 1. The summed E-state index contributed by atoms with van der Waals surface area (Å²) in [6.45, 7) is 10.1. The van der Waals surface area contributed by atoms with E-state index in [1.165, 1.54) is 5.56 Å². The fourth-order valence-corrected chi connectivity index (χ4v) is 1.67. The minimum atomic E-state index is -0.00583. The lowest BCUT2D eigenvalue weighted by Gasteiger charge is -2.07. The largest absolute Gasteiger partial charge is 0.282 e. The van der Waals surface area contributed by atoms with E-state index < -0.39 is 0 Å². The van der Waals surface area contributed by atoms with E-state index in [1.807, 2.05) is 43.7 Å². The zero-order valence-corrected chi connectivity index (χ0v) is 10.7. The number of aromatic amines is 1. The minimum absolute atomic E-state index is 0.00583. The summed E-state index contributed by atoms with van der Waals surface area (Å²) in [6, 6.07) is 6.15. The van der Waals surface area contributed by atoms with Crippen molar-refractivity contribution in [2.75, 3.05) is 0 Å². The lowest BCUT2D eigenvalue weighted by Crippen LogP contribution is -2.07. The van der Waals surface area contributed by atoms with Crippen LogP contribution in [0.15, 0.2) is 23.0 Å². The molecule has 1 aromatic carbocycles. The van der Waals surface area contributed by atoms with Gasteiger partial charge >= 0.3 is 0 Å². The monoisotopic (exact) mass is 220 g/mol. The maximum Gasteiger partial charge on any atom is 0.271 e. The first-order chi connectivity index (χ1) is 7.59. The molecule has 1 N–H and O–H groups in total. The van der Waals surface area contributed by atoms with Gasteiger partial charge in [0.15, 0.2) is 0 Å². The van der Waals surface area contributed by atoms with Gasteiger partial charge in [-0.3, -0.25) is 14.6 Å². The second-order valence-electron chi connectivity index (χ2n) is 3.93. The molecule has 88 valence electrons. The lowest BCUT2D eigenvalue weighted by atomic mass is 10.2. The Kier molecular flexibility index (Phi) is 3.93. The van der Waals surface area contributed by atoms with Gasteiger partial charge in [-0.2, -0.15) is 0 Å². The molecule has 0 unspecified atom stereocenters. The van der Waals surface area contributed by atoms with Crippen molar-refractivity contribution >= 4 is 10.9 Å². The van der Waals surface area contributed by atoms with Gasteiger partial charge in [-0.15, -0.1) is 0 Å². The minimum Gasteiger partial charge on any atom is -0.282 e. The molecule has 0 atom stereocenters. The van der Waals surface area contributed by atoms with Crippen molar-refractivity contribution in [1.29, 1.82) is 0 Å². The number of hydrogen-bond acceptors (Lipinski definition) is 1. The van der Waals surface area contributed by atoms with Crippen molar-refractivity contribution in [3.8, 4) is 0 Å².